The summed E-state index contributed by atoms with van der Waals surface area (Å²) in [5.41, 5.74) is 5.65. The third-order valence-electron chi connectivity index (χ3n) is 2.52. The van der Waals surface area contributed by atoms with E-state index in [9.17, 15) is 0 Å². The summed E-state index contributed by atoms with van der Waals surface area (Å²) in [7, 11) is 0. The number of rotatable bonds is 1. The topological polar surface area (TPSA) is 55.9 Å². The van der Waals surface area contributed by atoms with Crippen LogP contribution in [0.2, 0.25) is 0 Å². The third kappa shape index (κ3) is 1.15. The number of nitrogen functional groups attached to an aromatic ring is 1. The minimum Gasteiger partial charge on any atom is -0.262 e. The van der Waals surface area contributed by atoms with E-state index in [1.807, 2.05) is 36.7 Å². The predicted octanol–water partition coefficient (Wildman–Crippen LogP) is 1.56. The van der Waals surface area contributed by atoms with Gasteiger partial charge in [-0.05, 0) is 12.1 Å². The highest BCUT2D eigenvalue weighted by atomic mass is 15.5. The van der Waals surface area contributed by atoms with Crippen molar-refractivity contribution in [2.45, 2.75) is 0 Å². The molecule has 2 aliphatic rings. The van der Waals surface area contributed by atoms with Gasteiger partial charge < -0.3 is 0 Å². The smallest absolute Gasteiger partial charge is 0.0899 e. The molecule has 1 aromatic carbocycles. The molecule has 74 valence electrons. The van der Waals surface area contributed by atoms with Gasteiger partial charge in [0.05, 0.1) is 17.4 Å². The molecule has 0 radical (unpaired) electrons. The Morgan fingerprint density at radius 2 is 2.07 bits per heavy atom. The number of nitrogens with two attached hydrogens (primary N) is 1. The maximum atomic E-state index is 5.32. The molecule has 2 heterocycles. The van der Waals surface area contributed by atoms with E-state index in [0.717, 1.165) is 16.8 Å². The van der Waals surface area contributed by atoms with Gasteiger partial charge in [0.25, 0.3) is 0 Å². The van der Waals surface area contributed by atoms with Gasteiger partial charge in [0.1, 0.15) is 0 Å². The number of fused-ring (bicyclic) bond motifs is 3. The molecule has 0 aliphatic carbocycles. The fourth-order valence-electron chi connectivity index (χ4n) is 1.81. The van der Waals surface area contributed by atoms with Crippen LogP contribution in [0.4, 0.5) is 0 Å². The van der Waals surface area contributed by atoms with E-state index in [4.69, 9.17) is 5.84 Å². The van der Waals surface area contributed by atoms with Gasteiger partial charge in [-0.1, -0.05) is 18.2 Å². The first kappa shape index (κ1) is 8.26. The van der Waals surface area contributed by atoms with Crippen molar-refractivity contribution < 1.29 is 0 Å². The molecule has 0 saturated carbocycles. The Balaban J connectivity index is 2.38. The number of nitrogens with one attached hydrogen (secondary N) is 1. The highest BCUT2D eigenvalue weighted by Gasteiger charge is 2.10. The van der Waals surface area contributed by atoms with E-state index >= 15 is 0 Å². The van der Waals surface area contributed by atoms with E-state index in [2.05, 4.69) is 16.6 Å². The molecule has 0 bridgehead atoms. The Hall–Kier alpha value is -2.07. The molecule has 0 amide bonds. The number of benzene rings is 1. The van der Waals surface area contributed by atoms with Crippen molar-refractivity contribution in [2.24, 2.45) is 5.84 Å². The number of hydrazine groups is 1. The Morgan fingerprint density at radius 3 is 2.93 bits per heavy atom. The molecule has 0 aromatic heterocycles. The molecule has 2 aliphatic heterocycles. The second-order valence-electron chi connectivity index (χ2n) is 3.41. The third-order valence-corrected chi connectivity index (χ3v) is 2.52. The van der Waals surface area contributed by atoms with Crippen LogP contribution in [-0.4, -0.2) is 9.66 Å². The molecule has 0 fully saturated rings. The van der Waals surface area contributed by atoms with Crippen molar-refractivity contribution in [1.82, 2.24) is 9.66 Å². The maximum absolute atomic E-state index is 5.32. The molecule has 1 aromatic rings. The lowest BCUT2D eigenvalue weighted by Gasteiger charge is -2.06. The predicted molar refractivity (Wildman–Crippen MR) is 59.9 cm³/mol. The minimum atomic E-state index is 0.941. The fourth-order valence-corrected chi connectivity index (χ4v) is 1.81. The van der Waals surface area contributed by atoms with Crippen LogP contribution in [-0.2, 0) is 0 Å². The number of nitrogens with zero attached hydrogens (tertiary/aromatic N) is 2. The van der Waals surface area contributed by atoms with E-state index in [1.165, 1.54) is 5.39 Å². The lowest BCUT2D eigenvalue weighted by molar-refractivity contribution is 0.869. The Bertz CT molecular complexity index is 584. The van der Waals surface area contributed by atoms with Crippen molar-refractivity contribution in [3.8, 4) is 11.3 Å². The Labute approximate surface area is 86.6 Å². The lowest BCUT2D eigenvalue weighted by Crippen LogP contribution is -2.21. The summed E-state index contributed by atoms with van der Waals surface area (Å²) in [4.78, 5) is 4.51. The molecule has 3 N–H and O–H groups in total. The molecule has 0 spiro atoms. The van der Waals surface area contributed by atoms with E-state index in [1.54, 1.807) is 4.68 Å². The first-order valence-corrected chi connectivity index (χ1v) is 4.71. The van der Waals surface area contributed by atoms with Crippen LogP contribution < -0.4 is 11.4 Å². The largest absolute Gasteiger partial charge is 0.262 e. The van der Waals surface area contributed by atoms with Crippen molar-refractivity contribution in [1.29, 1.82) is 0 Å². The van der Waals surface area contributed by atoms with Crippen LogP contribution in [0.5, 0.6) is 0 Å². The number of para-hydroxylation sites is 1. The Kier molecular flexibility index (Phi) is 1.63. The highest BCUT2D eigenvalue weighted by Crippen LogP contribution is 2.29. The van der Waals surface area contributed by atoms with Gasteiger partial charge in [-0.25, -0.2) is 10.8 Å². The SMILES string of the molecule is NNn1ccc2c3ccccc3nc-2c1. The number of hydrogen-bond donors (Lipinski definition) is 2. The summed E-state index contributed by atoms with van der Waals surface area (Å²) in [6.45, 7) is 0. The summed E-state index contributed by atoms with van der Waals surface area (Å²) in [5.74, 6) is 5.32. The molecule has 15 heavy (non-hydrogen) atoms. The number of pyridine rings is 1. The quantitative estimate of drug-likeness (QED) is 0.461. The second-order valence-corrected chi connectivity index (χ2v) is 3.41. The fraction of sp³-hybridized carbons (Fsp3) is 0. The molecule has 0 atom stereocenters. The van der Waals surface area contributed by atoms with Gasteiger partial charge in [0.15, 0.2) is 0 Å². The molecule has 4 heteroatoms. The van der Waals surface area contributed by atoms with Gasteiger partial charge >= 0.3 is 0 Å². The summed E-state index contributed by atoms with van der Waals surface area (Å²) in [5, 5.41) is 1.18. The lowest BCUT2D eigenvalue weighted by atomic mass is 10.1. The summed E-state index contributed by atoms with van der Waals surface area (Å²) >= 11 is 0. The van der Waals surface area contributed by atoms with Crippen LogP contribution in [0.25, 0.3) is 22.2 Å². The van der Waals surface area contributed by atoms with Gasteiger partial charge in [0, 0.05) is 17.1 Å². The zero-order chi connectivity index (χ0) is 10.3. The van der Waals surface area contributed by atoms with E-state index in [-0.39, 0.29) is 0 Å². The molecular formula is C11H10N4. The van der Waals surface area contributed by atoms with Crippen LogP contribution >= 0.6 is 0 Å². The molecule has 3 rings (SSSR count). The average Bonchev–Trinajstić information content (AvgIpc) is 2.66. The summed E-state index contributed by atoms with van der Waals surface area (Å²) < 4.78 is 1.67. The average molecular weight is 198 g/mol. The number of aromatic nitrogens is 2. The van der Waals surface area contributed by atoms with Gasteiger partial charge in [-0.15, -0.1) is 0 Å². The first-order valence-electron chi connectivity index (χ1n) is 4.71. The van der Waals surface area contributed by atoms with Crippen LogP contribution in [0.3, 0.4) is 0 Å². The normalized spacial score (nSPS) is 11.0. The van der Waals surface area contributed by atoms with E-state index < -0.39 is 0 Å². The zero-order valence-corrected chi connectivity index (χ0v) is 8.01. The molecule has 0 unspecified atom stereocenters. The highest BCUT2D eigenvalue weighted by molar-refractivity contribution is 5.96. The van der Waals surface area contributed by atoms with Crippen molar-refractivity contribution in [3.05, 3.63) is 42.7 Å². The molecular weight excluding hydrogens is 188 g/mol. The summed E-state index contributed by atoms with van der Waals surface area (Å²) in [6, 6.07) is 10.1. The maximum Gasteiger partial charge on any atom is 0.0899 e. The Morgan fingerprint density at radius 1 is 1.20 bits per heavy atom. The van der Waals surface area contributed by atoms with Gasteiger partial charge in [-0.3, -0.25) is 10.2 Å². The second kappa shape index (κ2) is 2.96. The summed E-state index contributed by atoms with van der Waals surface area (Å²) in [6.07, 6.45) is 3.74. The van der Waals surface area contributed by atoms with Crippen molar-refractivity contribution in [3.63, 3.8) is 0 Å². The van der Waals surface area contributed by atoms with Crippen LogP contribution in [0.1, 0.15) is 0 Å². The monoisotopic (exact) mass is 198 g/mol. The standard InChI is InChI=1S/C11H10N4/c12-14-15-6-5-9-8-3-1-2-4-10(8)13-11(9)7-15/h1-7,14H,12H2. The minimum absolute atomic E-state index is 0.941. The first-order chi connectivity index (χ1) is 7.38. The molecule has 4 nitrogen and oxygen atoms in total. The van der Waals surface area contributed by atoms with Gasteiger partial charge in [-0.2, -0.15) is 0 Å². The van der Waals surface area contributed by atoms with Crippen LogP contribution in [0.15, 0.2) is 42.7 Å². The van der Waals surface area contributed by atoms with Crippen LogP contribution in [0, 0.1) is 0 Å². The zero-order valence-electron chi connectivity index (χ0n) is 8.01. The van der Waals surface area contributed by atoms with Crippen molar-refractivity contribution >= 4 is 10.9 Å². The van der Waals surface area contributed by atoms with E-state index in [0.29, 0.717) is 0 Å². The number of hydrogen-bond acceptors (Lipinski definition) is 3. The van der Waals surface area contributed by atoms with Crippen molar-refractivity contribution in [2.75, 3.05) is 5.53 Å². The molecule has 0 saturated heterocycles. The van der Waals surface area contributed by atoms with Gasteiger partial charge in [0.2, 0.25) is 0 Å².